The number of nitrogens with zero attached hydrogens (tertiary/aromatic N) is 3. The van der Waals surface area contributed by atoms with Crippen molar-refractivity contribution in [3.05, 3.63) is 71.8 Å². The summed E-state index contributed by atoms with van der Waals surface area (Å²) in [6, 6.07) is 18.7. The quantitative estimate of drug-likeness (QED) is 0.294. The molecule has 2 bridgehead atoms. The number of hydrogen-bond acceptors (Lipinski definition) is 7. The maximum atomic E-state index is 13.2. The molecule has 2 aliphatic rings. The molecule has 1 unspecified atom stereocenters. The Balaban J connectivity index is 1.16. The largest absolute Gasteiger partial charge is 0.493 e. The molecule has 1 aromatic heterocycles. The molecule has 2 aliphatic heterocycles. The van der Waals surface area contributed by atoms with E-state index in [0.717, 1.165) is 16.3 Å². The van der Waals surface area contributed by atoms with E-state index in [-0.39, 0.29) is 30.9 Å². The Morgan fingerprint density at radius 2 is 1.92 bits per heavy atom. The van der Waals surface area contributed by atoms with Gasteiger partial charge in [-0.3, -0.25) is 14.6 Å². The lowest BCUT2D eigenvalue weighted by Gasteiger charge is -2.35. The minimum absolute atomic E-state index is 0.00548. The standard InChI is InChI=1S/C30H28N4O5/c1-38-26-13-23-25(32-15-18-11-21(35)17-34(16-18)30(23)37)14-27(26)39-10-9-31-29(36)22-7-4-6-20-12-19-5-2-3-8-24(19)33-28(20)22/h2-8,12-15,18,21,35H,9-11,16-17H2,1H3,(H,31,36)/t18?,21-/m1/s1. The highest BCUT2D eigenvalue weighted by molar-refractivity contribution is 6.07. The first-order valence-electron chi connectivity index (χ1n) is 12.9. The average molecular weight is 525 g/mol. The van der Waals surface area contributed by atoms with E-state index in [4.69, 9.17) is 14.5 Å². The molecule has 0 spiro atoms. The molecular formula is C30H28N4O5. The van der Waals surface area contributed by atoms with Crippen LogP contribution >= 0.6 is 0 Å². The number of piperidine rings is 1. The smallest absolute Gasteiger partial charge is 0.256 e. The van der Waals surface area contributed by atoms with Gasteiger partial charge in [0.2, 0.25) is 0 Å². The number of pyridine rings is 1. The Hall–Kier alpha value is -4.50. The maximum absolute atomic E-state index is 13.2. The van der Waals surface area contributed by atoms with Gasteiger partial charge in [0.15, 0.2) is 11.5 Å². The molecule has 39 heavy (non-hydrogen) atoms. The monoisotopic (exact) mass is 524 g/mol. The van der Waals surface area contributed by atoms with Gasteiger partial charge < -0.3 is 24.8 Å². The molecule has 9 nitrogen and oxygen atoms in total. The van der Waals surface area contributed by atoms with Crippen molar-refractivity contribution < 1.29 is 24.2 Å². The van der Waals surface area contributed by atoms with Crippen molar-refractivity contribution >= 4 is 45.5 Å². The molecule has 1 saturated heterocycles. The third kappa shape index (κ3) is 4.88. The second kappa shape index (κ2) is 10.3. The number of para-hydroxylation sites is 2. The summed E-state index contributed by atoms with van der Waals surface area (Å²) in [6.45, 7) is 1.26. The molecule has 0 aliphatic carbocycles. The SMILES string of the molecule is COc1cc2c(cc1OCCNC(=O)c1cccc3cc4ccccc4nc13)N=CC1C[C@@H](O)CN(C1)C2=O. The number of aromatic nitrogens is 1. The van der Waals surface area contributed by atoms with E-state index in [2.05, 4.69) is 10.3 Å². The van der Waals surface area contributed by atoms with Gasteiger partial charge in [-0.1, -0.05) is 30.3 Å². The van der Waals surface area contributed by atoms with E-state index in [1.807, 2.05) is 42.5 Å². The number of amides is 2. The zero-order valence-electron chi connectivity index (χ0n) is 21.5. The highest BCUT2D eigenvalue weighted by Gasteiger charge is 2.32. The summed E-state index contributed by atoms with van der Waals surface area (Å²) in [5.41, 5.74) is 2.86. The van der Waals surface area contributed by atoms with E-state index < -0.39 is 6.10 Å². The van der Waals surface area contributed by atoms with Gasteiger partial charge in [-0.05, 0) is 30.7 Å². The molecule has 0 saturated carbocycles. The Kier molecular flexibility index (Phi) is 6.58. The fourth-order valence-electron chi connectivity index (χ4n) is 5.25. The molecule has 2 atom stereocenters. The molecular weight excluding hydrogens is 496 g/mol. The van der Waals surface area contributed by atoms with E-state index >= 15 is 0 Å². The Labute approximate surface area is 225 Å². The predicted octanol–water partition coefficient (Wildman–Crippen LogP) is 3.74. The van der Waals surface area contributed by atoms with Crippen LogP contribution in [0.4, 0.5) is 5.69 Å². The van der Waals surface area contributed by atoms with Crippen molar-refractivity contribution in [1.29, 1.82) is 0 Å². The number of nitrogens with one attached hydrogen (secondary N) is 1. The van der Waals surface area contributed by atoms with Crippen LogP contribution in [-0.4, -0.2) is 72.5 Å². The molecule has 9 heteroatoms. The van der Waals surface area contributed by atoms with Gasteiger partial charge in [-0.2, -0.15) is 0 Å². The zero-order valence-corrected chi connectivity index (χ0v) is 21.5. The van der Waals surface area contributed by atoms with E-state index in [1.165, 1.54) is 7.11 Å². The van der Waals surface area contributed by atoms with Gasteiger partial charge in [0.05, 0.1) is 47.6 Å². The Bertz CT molecular complexity index is 1620. The molecule has 0 radical (unpaired) electrons. The second-order valence-corrected chi connectivity index (χ2v) is 9.82. The van der Waals surface area contributed by atoms with Crippen molar-refractivity contribution in [1.82, 2.24) is 15.2 Å². The first-order chi connectivity index (χ1) is 19.0. The number of carbonyl (C=O) groups excluding carboxylic acids is 2. The molecule has 3 heterocycles. The number of benzene rings is 3. The van der Waals surface area contributed by atoms with Crippen LogP contribution in [0, 0.1) is 5.92 Å². The van der Waals surface area contributed by atoms with Gasteiger partial charge in [-0.25, -0.2) is 4.98 Å². The minimum atomic E-state index is -0.565. The first-order valence-corrected chi connectivity index (χ1v) is 12.9. The van der Waals surface area contributed by atoms with Gasteiger partial charge >= 0.3 is 0 Å². The number of carbonyl (C=O) groups is 2. The number of ether oxygens (including phenoxy) is 2. The lowest BCUT2D eigenvalue weighted by Crippen LogP contribution is -2.47. The number of rotatable bonds is 6. The van der Waals surface area contributed by atoms with Crippen molar-refractivity contribution in [2.24, 2.45) is 10.9 Å². The predicted molar refractivity (Wildman–Crippen MR) is 148 cm³/mol. The van der Waals surface area contributed by atoms with Crippen LogP contribution < -0.4 is 14.8 Å². The summed E-state index contributed by atoms with van der Waals surface area (Å²) in [7, 11) is 1.50. The van der Waals surface area contributed by atoms with Crippen LogP contribution in [0.25, 0.3) is 21.8 Å². The van der Waals surface area contributed by atoms with Crippen LogP contribution in [0.3, 0.4) is 0 Å². The fraction of sp³-hybridized carbons (Fsp3) is 0.267. The number of methoxy groups -OCH3 is 1. The maximum Gasteiger partial charge on any atom is 0.256 e. The lowest BCUT2D eigenvalue weighted by atomic mass is 9.95. The first kappa shape index (κ1) is 24.8. The second-order valence-electron chi connectivity index (χ2n) is 9.82. The normalized spacial score (nSPS) is 18.4. The van der Waals surface area contributed by atoms with Crippen LogP contribution in [0.5, 0.6) is 11.5 Å². The van der Waals surface area contributed by atoms with Crippen molar-refractivity contribution in [2.75, 3.05) is 33.4 Å². The molecule has 3 aromatic carbocycles. The lowest BCUT2D eigenvalue weighted by molar-refractivity contribution is 0.0405. The van der Waals surface area contributed by atoms with Gasteiger partial charge in [0, 0.05) is 42.1 Å². The average Bonchev–Trinajstić information content (AvgIpc) is 2.95. The van der Waals surface area contributed by atoms with E-state index in [0.29, 0.717) is 53.3 Å². The van der Waals surface area contributed by atoms with Crippen LogP contribution in [0.1, 0.15) is 27.1 Å². The fourth-order valence-corrected chi connectivity index (χ4v) is 5.25. The van der Waals surface area contributed by atoms with Crippen LogP contribution in [0.15, 0.2) is 65.7 Å². The summed E-state index contributed by atoms with van der Waals surface area (Å²) in [5, 5.41) is 15.0. The highest BCUT2D eigenvalue weighted by atomic mass is 16.5. The summed E-state index contributed by atoms with van der Waals surface area (Å²) in [4.78, 5) is 37.1. The summed E-state index contributed by atoms with van der Waals surface area (Å²) < 4.78 is 11.4. The van der Waals surface area contributed by atoms with Crippen LogP contribution in [-0.2, 0) is 0 Å². The third-order valence-electron chi connectivity index (χ3n) is 7.12. The third-order valence-corrected chi connectivity index (χ3v) is 7.12. The number of aliphatic hydroxyl groups excluding tert-OH is 1. The molecule has 6 rings (SSSR count). The van der Waals surface area contributed by atoms with Crippen molar-refractivity contribution in [2.45, 2.75) is 12.5 Å². The van der Waals surface area contributed by atoms with E-state index in [9.17, 15) is 14.7 Å². The van der Waals surface area contributed by atoms with Gasteiger partial charge in [0.1, 0.15) is 6.61 Å². The number of fused-ring (bicyclic) bond motifs is 5. The summed E-state index contributed by atoms with van der Waals surface area (Å²) in [5.74, 6) is 0.376. The number of hydrogen-bond donors (Lipinski definition) is 2. The molecule has 1 fully saturated rings. The minimum Gasteiger partial charge on any atom is -0.493 e. The van der Waals surface area contributed by atoms with Gasteiger partial charge in [0.25, 0.3) is 11.8 Å². The summed E-state index contributed by atoms with van der Waals surface area (Å²) >= 11 is 0. The van der Waals surface area contributed by atoms with E-state index in [1.54, 1.807) is 29.3 Å². The molecule has 198 valence electrons. The molecule has 2 N–H and O–H groups in total. The van der Waals surface area contributed by atoms with Crippen LogP contribution in [0.2, 0.25) is 0 Å². The van der Waals surface area contributed by atoms with Crippen molar-refractivity contribution in [3.8, 4) is 11.5 Å². The topological polar surface area (TPSA) is 113 Å². The number of aliphatic hydroxyl groups is 1. The van der Waals surface area contributed by atoms with Gasteiger partial charge in [-0.15, -0.1) is 0 Å². The Morgan fingerprint density at radius 1 is 1.08 bits per heavy atom. The highest BCUT2D eigenvalue weighted by Crippen LogP contribution is 2.37. The Morgan fingerprint density at radius 3 is 2.79 bits per heavy atom. The zero-order chi connectivity index (χ0) is 26.9. The summed E-state index contributed by atoms with van der Waals surface area (Å²) in [6.07, 6.45) is 1.80. The van der Waals surface area contributed by atoms with Crippen molar-refractivity contribution in [3.63, 3.8) is 0 Å². The number of aliphatic imine (C=N–C) groups is 1. The molecule has 2 amide bonds. The molecule has 4 aromatic rings.